The predicted octanol–water partition coefficient (Wildman–Crippen LogP) is 1.81. The topological polar surface area (TPSA) is 157 Å². The lowest BCUT2D eigenvalue weighted by molar-refractivity contribution is -0.148. The van der Waals surface area contributed by atoms with Crippen LogP contribution in [0.15, 0.2) is 36.7 Å². The fourth-order valence-electron chi connectivity index (χ4n) is 3.43. The van der Waals surface area contributed by atoms with Gasteiger partial charge in [0.05, 0.1) is 29.3 Å². The predicted molar refractivity (Wildman–Crippen MR) is 127 cm³/mol. The van der Waals surface area contributed by atoms with Crippen LogP contribution in [0.1, 0.15) is 11.7 Å². The highest BCUT2D eigenvalue weighted by Gasteiger charge is 2.36. The minimum absolute atomic E-state index is 0.117. The summed E-state index contributed by atoms with van der Waals surface area (Å²) in [6, 6.07) is 8.03. The van der Waals surface area contributed by atoms with Gasteiger partial charge in [-0.25, -0.2) is 9.97 Å². The number of fused-ring (bicyclic) bond motifs is 1. The molecule has 10 nitrogen and oxygen atoms in total. The van der Waals surface area contributed by atoms with Crippen LogP contribution < -0.4 is 10.1 Å². The van der Waals surface area contributed by atoms with Crippen LogP contribution in [-0.4, -0.2) is 80.7 Å². The van der Waals surface area contributed by atoms with Crippen molar-refractivity contribution in [1.29, 1.82) is 0 Å². The fraction of sp³-hybridized carbons (Fsp3) is 0.364. The second kappa shape index (κ2) is 11.4. The van der Waals surface area contributed by atoms with Crippen LogP contribution in [0.2, 0.25) is 10.0 Å². The van der Waals surface area contributed by atoms with Gasteiger partial charge in [-0.3, -0.25) is 0 Å². The maximum Gasteiger partial charge on any atom is 0.141 e. The molecule has 0 radical (unpaired) electrons. The molecule has 0 aliphatic carbocycles. The van der Waals surface area contributed by atoms with Gasteiger partial charge in [0, 0.05) is 23.7 Å². The number of rotatable bonds is 10. The van der Waals surface area contributed by atoms with Crippen LogP contribution >= 0.6 is 23.2 Å². The van der Waals surface area contributed by atoms with Crippen LogP contribution in [0.4, 0.5) is 11.5 Å². The minimum atomic E-state index is -1.83. The Balaban J connectivity index is 1.95. The third-order valence-corrected chi connectivity index (χ3v) is 6.11. The van der Waals surface area contributed by atoms with Gasteiger partial charge >= 0.3 is 0 Å². The number of aliphatic hydroxyl groups excluding tert-OH is 5. The SMILES string of the molecule is COc1cc2c(Nc3ccc(Cl)c(Cl)c3)ncnc2cc1C(O)[C@H](O)[C@@H](O)[C@H](O)[C@H](CO)OC. The average Bonchev–Trinajstić information content (AvgIpc) is 2.84. The number of hydrogen-bond acceptors (Lipinski definition) is 10. The van der Waals surface area contributed by atoms with Crippen LogP contribution in [-0.2, 0) is 4.74 Å². The Morgan fingerprint density at radius 2 is 1.68 bits per heavy atom. The van der Waals surface area contributed by atoms with Crippen LogP contribution in [0.25, 0.3) is 10.9 Å². The molecule has 12 heteroatoms. The minimum Gasteiger partial charge on any atom is -0.496 e. The van der Waals surface area contributed by atoms with E-state index in [1.807, 2.05) is 0 Å². The number of nitrogens with zero attached hydrogens (tertiary/aromatic N) is 2. The highest BCUT2D eigenvalue weighted by atomic mass is 35.5. The number of aromatic nitrogens is 2. The van der Waals surface area contributed by atoms with Crippen molar-refractivity contribution in [3.63, 3.8) is 0 Å². The highest BCUT2D eigenvalue weighted by molar-refractivity contribution is 6.42. The molecule has 0 bridgehead atoms. The number of ether oxygens (including phenoxy) is 2. The third kappa shape index (κ3) is 5.51. The molecular formula is C22H25Cl2N3O7. The van der Waals surface area contributed by atoms with Crippen LogP contribution in [0, 0.1) is 0 Å². The summed E-state index contributed by atoms with van der Waals surface area (Å²) in [5.74, 6) is 0.600. The summed E-state index contributed by atoms with van der Waals surface area (Å²) in [5, 5.41) is 55.5. The number of halogens is 2. The number of aliphatic hydroxyl groups is 5. The molecule has 0 saturated carbocycles. The van der Waals surface area contributed by atoms with Gasteiger partial charge in [-0.2, -0.15) is 0 Å². The zero-order chi connectivity index (χ0) is 25.0. The standard InChI is InChI=1S/C22H25Cl2N3O7/c1-33-16-7-11-15(25-9-26-22(11)27-10-3-4-13(23)14(24)5-10)6-12(16)18(29)20(31)21(32)19(30)17(8-28)34-2/h3-7,9,17-21,28-32H,8H2,1-2H3,(H,25,26,27)/t17-,18?,19+,20-,21-/m0/s1. The van der Waals surface area contributed by atoms with Crippen molar-refractivity contribution in [2.45, 2.75) is 30.5 Å². The van der Waals surface area contributed by atoms with Crippen LogP contribution in [0.5, 0.6) is 5.75 Å². The van der Waals surface area contributed by atoms with Gasteiger partial charge in [-0.1, -0.05) is 23.2 Å². The second-order valence-corrected chi connectivity index (χ2v) is 8.28. The van der Waals surface area contributed by atoms with E-state index in [1.165, 1.54) is 26.6 Å². The number of benzene rings is 2. The summed E-state index contributed by atoms with van der Waals surface area (Å²) < 4.78 is 10.3. The first kappa shape index (κ1) is 26.3. The van der Waals surface area contributed by atoms with E-state index in [2.05, 4.69) is 15.3 Å². The quantitative estimate of drug-likeness (QED) is 0.236. The molecule has 1 aromatic heterocycles. The van der Waals surface area contributed by atoms with Gasteiger partial charge in [0.25, 0.3) is 0 Å². The molecule has 1 heterocycles. The molecule has 184 valence electrons. The van der Waals surface area contributed by atoms with E-state index >= 15 is 0 Å². The molecular weight excluding hydrogens is 489 g/mol. The van der Waals surface area contributed by atoms with Gasteiger partial charge in [0.2, 0.25) is 0 Å². The van der Waals surface area contributed by atoms with Crippen LogP contribution in [0.3, 0.4) is 0 Å². The number of nitrogens with one attached hydrogen (secondary N) is 1. The van der Waals surface area contributed by atoms with E-state index < -0.39 is 37.1 Å². The first-order chi connectivity index (χ1) is 16.2. The molecule has 0 aliphatic heterocycles. The van der Waals surface area contributed by atoms with Crippen molar-refractivity contribution in [1.82, 2.24) is 9.97 Å². The van der Waals surface area contributed by atoms with Crippen molar-refractivity contribution in [2.24, 2.45) is 0 Å². The third-order valence-electron chi connectivity index (χ3n) is 5.37. The van der Waals surface area contributed by atoms with Gasteiger partial charge in [0.1, 0.15) is 48.4 Å². The number of methoxy groups -OCH3 is 2. The van der Waals surface area contributed by atoms with Gasteiger partial charge < -0.3 is 40.3 Å². The summed E-state index contributed by atoms with van der Waals surface area (Å²) in [5.41, 5.74) is 1.15. The molecule has 0 spiro atoms. The maximum atomic E-state index is 10.8. The fourth-order valence-corrected chi connectivity index (χ4v) is 3.73. The molecule has 5 atom stereocenters. The molecule has 3 rings (SSSR count). The van der Waals surface area contributed by atoms with E-state index in [-0.39, 0.29) is 11.3 Å². The molecule has 0 amide bonds. The molecule has 2 aromatic carbocycles. The van der Waals surface area contributed by atoms with E-state index in [0.717, 1.165) is 0 Å². The highest BCUT2D eigenvalue weighted by Crippen LogP contribution is 2.36. The number of hydrogen-bond donors (Lipinski definition) is 6. The molecule has 3 aromatic rings. The van der Waals surface area contributed by atoms with Gasteiger partial charge in [-0.05, 0) is 30.3 Å². The molecule has 0 saturated heterocycles. The largest absolute Gasteiger partial charge is 0.496 e. The average molecular weight is 514 g/mol. The summed E-state index contributed by atoms with van der Waals surface area (Å²) in [6.07, 6.45) is -6.83. The summed E-state index contributed by atoms with van der Waals surface area (Å²) in [4.78, 5) is 8.47. The van der Waals surface area contributed by atoms with Crippen molar-refractivity contribution in [3.8, 4) is 5.75 Å². The Bertz CT molecular complexity index is 1130. The van der Waals surface area contributed by atoms with Gasteiger partial charge in [-0.15, -0.1) is 0 Å². The Morgan fingerprint density at radius 3 is 2.29 bits per heavy atom. The van der Waals surface area contributed by atoms with E-state index in [4.69, 9.17) is 32.7 Å². The smallest absolute Gasteiger partial charge is 0.141 e. The Labute approximate surface area is 205 Å². The normalized spacial score (nSPS) is 16.0. The lowest BCUT2D eigenvalue weighted by Gasteiger charge is -2.30. The van der Waals surface area contributed by atoms with Crippen molar-refractivity contribution in [3.05, 3.63) is 52.3 Å². The zero-order valence-electron chi connectivity index (χ0n) is 18.3. The maximum absolute atomic E-state index is 10.8. The molecule has 0 aliphatic rings. The van der Waals surface area contributed by atoms with Crippen molar-refractivity contribution in [2.75, 3.05) is 26.1 Å². The van der Waals surface area contributed by atoms with E-state index in [0.29, 0.717) is 32.5 Å². The zero-order valence-corrected chi connectivity index (χ0v) is 19.8. The Morgan fingerprint density at radius 1 is 0.941 bits per heavy atom. The lowest BCUT2D eigenvalue weighted by Crippen LogP contribution is -2.48. The summed E-state index contributed by atoms with van der Waals surface area (Å²) >= 11 is 12.0. The molecule has 34 heavy (non-hydrogen) atoms. The van der Waals surface area contributed by atoms with Crippen molar-refractivity contribution >= 4 is 45.6 Å². The first-order valence-corrected chi connectivity index (χ1v) is 10.9. The lowest BCUT2D eigenvalue weighted by atomic mass is 9.94. The monoisotopic (exact) mass is 513 g/mol. The Hall–Kier alpha value is -2.28. The Kier molecular flexibility index (Phi) is 8.85. The molecule has 6 N–H and O–H groups in total. The summed E-state index contributed by atoms with van der Waals surface area (Å²) in [7, 11) is 2.60. The number of anilines is 2. The van der Waals surface area contributed by atoms with Gasteiger partial charge in [0.15, 0.2) is 0 Å². The molecule has 0 fully saturated rings. The van der Waals surface area contributed by atoms with E-state index in [9.17, 15) is 25.5 Å². The second-order valence-electron chi connectivity index (χ2n) is 7.46. The first-order valence-electron chi connectivity index (χ1n) is 10.1. The summed E-state index contributed by atoms with van der Waals surface area (Å²) in [6.45, 7) is -0.595. The van der Waals surface area contributed by atoms with Crippen molar-refractivity contribution < 1.29 is 35.0 Å². The van der Waals surface area contributed by atoms with E-state index in [1.54, 1.807) is 24.3 Å². The molecule has 1 unspecified atom stereocenters.